The molecule has 0 aliphatic heterocycles. The maximum absolute atomic E-state index is 12.0. The fourth-order valence-electron chi connectivity index (χ4n) is 3.49. The van der Waals surface area contributed by atoms with Gasteiger partial charge < -0.3 is 23.6 Å². The standard InChI is InChI=1S/C24H22N4O5S/c1-14-8-16(15(2)28(14)18-6-5-7-25-13-18)11-21(23(29)30)34-24-27-26-22(33-24)17-9-19(31-3)12-20(10-17)32-4/h5-13H,1-4H3,(H,29,30)/b21-11-. The largest absolute Gasteiger partial charge is 0.497 e. The minimum absolute atomic E-state index is 0.0462. The molecule has 1 N–H and O–H groups in total. The number of ether oxygens (including phenoxy) is 2. The predicted octanol–water partition coefficient (Wildman–Crippen LogP) is 4.77. The maximum atomic E-state index is 12.0. The zero-order valence-electron chi connectivity index (χ0n) is 19.0. The lowest BCUT2D eigenvalue weighted by Crippen LogP contribution is -2.00. The van der Waals surface area contributed by atoms with Gasteiger partial charge >= 0.3 is 5.97 Å². The van der Waals surface area contributed by atoms with Crippen LogP contribution in [0.2, 0.25) is 0 Å². The molecule has 0 saturated carbocycles. The molecule has 0 spiro atoms. The third kappa shape index (κ3) is 4.81. The van der Waals surface area contributed by atoms with Crippen molar-refractivity contribution in [1.29, 1.82) is 0 Å². The molecule has 0 unspecified atom stereocenters. The Kier molecular flexibility index (Phi) is 6.69. The minimum Gasteiger partial charge on any atom is -0.497 e. The van der Waals surface area contributed by atoms with Crippen LogP contribution < -0.4 is 9.47 Å². The number of thioether (sulfide) groups is 1. The third-order valence-electron chi connectivity index (χ3n) is 5.07. The first-order valence-electron chi connectivity index (χ1n) is 10.2. The molecule has 4 aromatic rings. The Balaban J connectivity index is 1.64. The predicted molar refractivity (Wildman–Crippen MR) is 127 cm³/mol. The number of nitrogens with zero attached hydrogens (tertiary/aromatic N) is 4. The number of carboxylic acid groups (broad SMARTS) is 1. The van der Waals surface area contributed by atoms with E-state index in [0.717, 1.165) is 34.4 Å². The highest BCUT2D eigenvalue weighted by Gasteiger charge is 2.19. The Morgan fingerprint density at radius 1 is 1.12 bits per heavy atom. The van der Waals surface area contributed by atoms with E-state index >= 15 is 0 Å². The van der Waals surface area contributed by atoms with Gasteiger partial charge in [0.05, 0.1) is 26.1 Å². The third-order valence-corrected chi connectivity index (χ3v) is 5.93. The molecule has 0 amide bonds. The van der Waals surface area contributed by atoms with Crippen molar-refractivity contribution in [3.8, 4) is 28.6 Å². The Morgan fingerprint density at radius 3 is 2.47 bits per heavy atom. The van der Waals surface area contributed by atoms with E-state index in [-0.39, 0.29) is 16.0 Å². The molecule has 0 fully saturated rings. The van der Waals surface area contributed by atoms with E-state index in [0.29, 0.717) is 17.1 Å². The van der Waals surface area contributed by atoms with E-state index in [1.54, 1.807) is 50.9 Å². The molecule has 0 aliphatic rings. The van der Waals surface area contributed by atoms with Crippen LogP contribution in [0.25, 0.3) is 23.2 Å². The van der Waals surface area contributed by atoms with E-state index in [1.807, 2.05) is 36.6 Å². The van der Waals surface area contributed by atoms with Crippen molar-refractivity contribution in [2.45, 2.75) is 19.1 Å². The summed E-state index contributed by atoms with van der Waals surface area (Å²) >= 11 is 0.884. The number of aromatic nitrogens is 4. The molecule has 0 bridgehead atoms. The van der Waals surface area contributed by atoms with Gasteiger partial charge in [0.15, 0.2) is 0 Å². The highest BCUT2D eigenvalue weighted by Crippen LogP contribution is 2.34. The van der Waals surface area contributed by atoms with Gasteiger partial charge in [0, 0.05) is 29.2 Å². The topological polar surface area (TPSA) is 112 Å². The summed E-state index contributed by atoms with van der Waals surface area (Å²) in [4.78, 5) is 16.2. The van der Waals surface area contributed by atoms with Crippen molar-refractivity contribution in [3.63, 3.8) is 0 Å². The van der Waals surface area contributed by atoms with Crippen LogP contribution in [0.5, 0.6) is 11.5 Å². The second-order valence-electron chi connectivity index (χ2n) is 7.26. The summed E-state index contributed by atoms with van der Waals surface area (Å²) in [6, 6.07) is 10.9. The fraction of sp³-hybridized carbons (Fsp3) is 0.167. The highest BCUT2D eigenvalue weighted by molar-refractivity contribution is 8.03. The molecule has 0 radical (unpaired) electrons. The van der Waals surface area contributed by atoms with Gasteiger partial charge in [-0.1, -0.05) is 0 Å². The molecule has 174 valence electrons. The second kappa shape index (κ2) is 9.84. The van der Waals surface area contributed by atoms with E-state index < -0.39 is 5.97 Å². The summed E-state index contributed by atoms with van der Waals surface area (Å²) in [5.74, 6) is 0.256. The van der Waals surface area contributed by atoms with E-state index in [4.69, 9.17) is 13.9 Å². The number of carboxylic acids is 1. The lowest BCUT2D eigenvalue weighted by Gasteiger charge is -2.08. The van der Waals surface area contributed by atoms with Crippen molar-refractivity contribution in [1.82, 2.24) is 19.7 Å². The lowest BCUT2D eigenvalue weighted by atomic mass is 10.2. The average molecular weight is 479 g/mol. The minimum atomic E-state index is -1.10. The van der Waals surface area contributed by atoms with Crippen molar-refractivity contribution in [2.24, 2.45) is 0 Å². The summed E-state index contributed by atoms with van der Waals surface area (Å²) in [6.45, 7) is 3.88. The number of pyridine rings is 1. The summed E-state index contributed by atoms with van der Waals surface area (Å²) < 4.78 is 18.3. The van der Waals surface area contributed by atoms with Crippen molar-refractivity contribution >= 4 is 23.8 Å². The fourth-order valence-corrected chi connectivity index (χ4v) is 4.15. The maximum Gasteiger partial charge on any atom is 0.342 e. The lowest BCUT2D eigenvalue weighted by molar-refractivity contribution is -0.131. The van der Waals surface area contributed by atoms with Gasteiger partial charge in [0.2, 0.25) is 5.89 Å². The number of carbonyl (C=O) groups is 1. The zero-order valence-corrected chi connectivity index (χ0v) is 19.8. The molecule has 3 aromatic heterocycles. The summed E-state index contributed by atoms with van der Waals surface area (Å²) in [7, 11) is 3.09. The molecular formula is C24H22N4O5S. The van der Waals surface area contributed by atoms with Gasteiger partial charge in [0.25, 0.3) is 5.22 Å². The number of benzene rings is 1. The molecule has 4 rings (SSSR count). The summed E-state index contributed by atoms with van der Waals surface area (Å²) in [6.07, 6.45) is 5.06. The van der Waals surface area contributed by atoms with Crippen LogP contribution in [0.3, 0.4) is 0 Å². The average Bonchev–Trinajstić information content (AvgIpc) is 3.42. The first-order valence-corrected chi connectivity index (χ1v) is 11.0. The van der Waals surface area contributed by atoms with Gasteiger partial charge in [-0.3, -0.25) is 4.98 Å². The quantitative estimate of drug-likeness (QED) is 0.282. The number of aliphatic carboxylic acids is 1. The molecule has 0 atom stereocenters. The van der Waals surface area contributed by atoms with Gasteiger partial charge in [-0.25, -0.2) is 4.79 Å². The Bertz CT molecular complexity index is 1340. The number of rotatable bonds is 8. The van der Waals surface area contributed by atoms with Crippen LogP contribution in [0, 0.1) is 13.8 Å². The first-order chi connectivity index (χ1) is 16.4. The highest BCUT2D eigenvalue weighted by atomic mass is 32.2. The van der Waals surface area contributed by atoms with Crippen LogP contribution in [0.1, 0.15) is 17.0 Å². The van der Waals surface area contributed by atoms with Gasteiger partial charge in [-0.05, 0) is 67.6 Å². The Labute approximate surface area is 200 Å². The van der Waals surface area contributed by atoms with Crippen molar-refractivity contribution in [2.75, 3.05) is 14.2 Å². The molecular weight excluding hydrogens is 456 g/mol. The molecule has 3 heterocycles. The molecule has 1 aromatic carbocycles. The van der Waals surface area contributed by atoms with Crippen molar-refractivity contribution in [3.05, 3.63) is 70.6 Å². The normalized spacial score (nSPS) is 11.5. The number of hydrogen-bond donors (Lipinski definition) is 1. The smallest absolute Gasteiger partial charge is 0.342 e. The Hall–Kier alpha value is -4.05. The monoisotopic (exact) mass is 478 g/mol. The Morgan fingerprint density at radius 2 is 1.85 bits per heavy atom. The summed E-state index contributed by atoms with van der Waals surface area (Å²) in [5.41, 5.74) is 4.11. The van der Waals surface area contributed by atoms with Crippen LogP contribution in [0.4, 0.5) is 0 Å². The number of methoxy groups -OCH3 is 2. The van der Waals surface area contributed by atoms with Gasteiger partial charge in [-0.15, -0.1) is 10.2 Å². The number of aryl methyl sites for hydroxylation is 1. The second-order valence-corrected chi connectivity index (χ2v) is 8.26. The molecule has 10 heteroatoms. The summed E-state index contributed by atoms with van der Waals surface area (Å²) in [5, 5.41) is 18.0. The molecule has 9 nitrogen and oxygen atoms in total. The zero-order chi connectivity index (χ0) is 24.2. The van der Waals surface area contributed by atoms with E-state index in [2.05, 4.69) is 15.2 Å². The molecule has 0 saturated heterocycles. The van der Waals surface area contributed by atoms with Gasteiger partial charge in [-0.2, -0.15) is 0 Å². The van der Waals surface area contributed by atoms with Crippen LogP contribution in [-0.2, 0) is 4.79 Å². The van der Waals surface area contributed by atoms with Gasteiger partial charge in [0.1, 0.15) is 16.4 Å². The van der Waals surface area contributed by atoms with Crippen LogP contribution >= 0.6 is 11.8 Å². The van der Waals surface area contributed by atoms with E-state index in [1.165, 1.54) is 0 Å². The molecule has 34 heavy (non-hydrogen) atoms. The van der Waals surface area contributed by atoms with E-state index in [9.17, 15) is 9.90 Å². The molecule has 0 aliphatic carbocycles. The number of hydrogen-bond acceptors (Lipinski definition) is 8. The van der Waals surface area contributed by atoms with Crippen LogP contribution in [0.15, 0.2) is 63.3 Å². The SMILES string of the molecule is COc1cc(OC)cc(-c2nnc(S/C(=C\c3cc(C)n(-c4cccnc4)c3C)C(=O)O)o2)c1. The van der Waals surface area contributed by atoms with Crippen LogP contribution in [-0.4, -0.2) is 45.0 Å². The first kappa shape index (κ1) is 23.1. The van der Waals surface area contributed by atoms with Crippen molar-refractivity contribution < 1.29 is 23.8 Å².